The standard InChI is InChI=1S/C74H70BN3S/c1-45-38-58-59-42-55(76(52-31-25-50(26-32-52)71(3,4)5)53-33-27-51(28-34-53)72(6,7)8)43-60-67-56-20-16-17-21-66(56)79-70(67)78(69(59)60)75-63-41-49(47-18-14-13-15-19-47)24-35-64(63)77(65(39-45)68(58)75)54-29-22-48(23-30-54)57-44-62-61(40-46(57)2)73(9,10)36-37-74(62,11)12/h13-35,38-44H,36-37H2,1-12H3. The predicted octanol–water partition coefficient (Wildman–Crippen LogP) is 19.8. The van der Waals surface area contributed by atoms with Crippen LogP contribution in [0.2, 0.25) is 0 Å². The maximum Gasteiger partial charge on any atom is 0.333 e. The normalized spacial score (nSPS) is 15.1. The first-order valence-electron chi connectivity index (χ1n) is 28.6. The SMILES string of the molecule is Cc1cc2c3c(c1)N(c1ccc(-c4cc5c(cc4C)C(C)(C)CCC5(C)C)cc1)c1ccc(-c4ccccc4)cc1B3n1c3sc4ccccc4c3c3cc(N(c4ccc(C(C)(C)C)cc4)c4ccc(C(C)(C)C)cc4)cc-2c31. The number of aromatic nitrogens is 1. The number of benzene rings is 9. The average Bonchev–Trinajstić information content (AvgIpc) is 2.88. The fraction of sp³-hybridized carbons (Fsp3) is 0.243. The Kier molecular flexibility index (Phi) is 11.0. The summed E-state index contributed by atoms with van der Waals surface area (Å²) in [7, 11) is 0. The number of thiophene rings is 1. The Morgan fingerprint density at radius 2 is 1.11 bits per heavy atom. The van der Waals surface area contributed by atoms with Crippen molar-refractivity contribution in [2.45, 2.75) is 118 Å². The smallest absolute Gasteiger partial charge is 0.333 e. The number of hydrogen-bond donors (Lipinski definition) is 0. The molecule has 1 aliphatic carbocycles. The molecule has 11 aromatic rings. The lowest BCUT2D eigenvalue weighted by molar-refractivity contribution is 0.332. The third-order valence-electron chi connectivity index (χ3n) is 18.3. The van der Waals surface area contributed by atoms with E-state index in [1.165, 1.54) is 133 Å². The predicted molar refractivity (Wildman–Crippen MR) is 343 cm³/mol. The molecule has 2 aliphatic heterocycles. The van der Waals surface area contributed by atoms with Crippen LogP contribution in [0, 0.1) is 13.8 Å². The summed E-state index contributed by atoms with van der Waals surface area (Å²) in [4.78, 5) is 6.40. The fourth-order valence-electron chi connectivity index (χ4n) is 13.8. The molecule has 0 fully saturated rings. The van der Waals surface area contributed by atoms with Crippen LogP contribution in [0.4, 0.5) is 34.1 Å². The van der Waals surface area contributed by atoms with Gasteiger partial charge in [-0.05, 0) is 187 Å². The van der Waals surface area contributed by atoms with Gasteiger partial charge in [0.1, 0.15) is 0 Å². The molecule has 0 amide bonds. The van der Waals surface area contributed by atoms with Crippen LogP contribution in [-0.4, -0.2) is 11.3 Å². The Labute approximate surface area is 472 Å². The van der Waals surface area contributed by atoms with Crippen LogP contribution >= 0.6 is 11.3 Å². The zero-order chi connectivity index (χ0) is 54.7. The molecular formula is C74H70BN3S. The molecule has 0 saturated carbocycles. The van der Waals surface area contributed by atoms with Gasteiger partial charge in [-0.1, -0.05) is 184 Å². The molecule has 4 heterocycles. The number of fused-ring (bicyclic) bond motifs is 10. The molecule has 14 rings (SSSR count). The first-order chi connectivity index (χ1) is 37.7. The Hall–Kier alpha value is -7.60. The van der Waals surface area contributed by atoms with Gasteiger partial charge in [0.25, 0.3) is 0 Å². The Morgan fingerprint density at radius 1 is 0.506 bits per heavy atom. The van der Waals surface area contributed by atoms with Crippen molar-refractivity contribution in [3.63, 3.8) is 0 Å². The third kappa shape index (κ3) is 7.81. The highest BCUT2D eigenvalue weighted by atomic mass is 32.1. The molecule has 0 saturated heterocycles. The zero-order valence-corrected chi connectivity index (χ0v) is 48.9. The van der Waals surface area contributed by atoms with Crippen molar-refractivity contribution < 1.29 is 0 Å². The summed E-state index contributed by atoms with van der Waals surface area (Å²) >= 11 is 1.94. The Morgan fingerprint density at radius 3 is 1.76 bits per heavy atom. The molecule has 0 N–H and O–H groups in total. The van der Waals surface area contributed by atoms with Crippen LogP contribution in [0.5, 0.6) is 0 Å². The molecule has 5 heteroatoms. The number of aryl methyl sites for hydroxylation is 2. The Bertz CT molecular complexity index is 4220. The highest BCUT2D eigenvalue weighted by Crippen LogP contribution is 2.53. The summed E-state index contributed by atoms with van der Waals surface area (Å²) in [5.74, 6) is 0. The van der Waals surface area contributed by atoms with Gasteiger partial charge in [0, 0.05) is 66.1 Å². The van der Waals surface area contributed by atoms with Gasteiger partial charge in [0.2, 0.25) is 0 Å². The van der Waals surface area contributed by atoms with Crippen LogP contribution in [-0.2, 0) is 21.7 Å². The van der Waals surface area contributed by atoms with Crippen molar-refractivity contribution in [2.75, 3.05) is 9.80 Å². The van der Waals surface area contributed by atoms with E-state index in [1.54, 1.807) is 0 Å². The van der Waals surface area contributed by atoms with Crippen LogP contribution in [0.15, 0.2) is 182 Å². The minimum absolute atomic E-state index is 0.0298. The molecule has 0 radical (unpaired) electrons. The second-order valence-electron chi connectivity index (χ2n) is 26.6. The molecule has 9 aromatic carbocycles. The van der Waals surface area contributed by atoms with Crippen molar-refractivity contribution in [2.24, 2.45) is 0 Å². The van der Waals surface area contributed by atoms with E-state index in [0.29, 0.717) is 0 Å². The second kappa shape index (κ2) is 17.5. The molecule has 3 aliphatic rings. The maximum absolute atomic E-state index is 2.76. The van der Waals surface area contributed by atoms with E-state index >= 15 is 0 Å². The van der Waals surface area contributed by atoms with Gasteiger partial charge in [-0.2, -0.15) is 0 Å². The summed E-state index contributed by atoms with van der Waals surface area (Å²) in [6.07, 6.45) is 2.41. The summed E-state index contributed by atoms with van der Waals surface area (Å²) in [5.41, 5.74) is 27.2. The third-order valence-corrected chi connectivity index (χ3v) is 19.5. The molecule has 390 valence electrons. The first-order valence-corrected chi connectivity index (χ1v) is 29.5. The van der Waals surface area contributed by atoms with E-state index in [2.05, 4.69) is 279 Å². The van der Waals surface area contributed by atoms with Gasteiger partial charge in [-0.15, -0.1) is 11.3 Å². The number of nitrogens with zero attached hydrogens (tertiary/aromatic N) is 3. The molecule has 3 nitrogen and oxygen atoms in total. The molecule has 0 spiro atoms. The van der Waals surface area contributed by atoms with Gasteiger partial charge in [-0.25, -0.2) is 0 Å². The van der Waals surface area contributed by atoms with Crippen molar-refractivity contribution in [1.29, 1.82) is 0 Å². The van der Waals surface area contributed by atoms with Crippen LogP contribution in [0.25, 0.3) is 64.6 Å². The van der Waals surface area contributed by atoms with Crippen molar-refractivity contribution in [1.82, 2.24) is 4.48 Å². The molecule has 0 unspecified atom stereocenters. The molecular weight excluding hydrogens is 974 g/mol. The first kappa shape index (κ1) is 49.7. The fourth-order valence-corrected chi connectivity index (χ4v) is 15.1. The van der Waals surface area contributed by atoms with Gasteiger partial charge in [-0.3, -0.25) is 0 Å². The molecule has 0 bridgehead atoms. The van der Waals surface area contributed by atoms with E-state index in [-0.39, 0.29) is 28.5 Å². The molecule has 79 heavy (non-hydrogen) atoms. The Balaban J connectivity index is 1.03. The van der Waals surface area contributed by atoms with Crippen LogP contribution in [0.3, 0.4) is 0 Å². The largest absolute Gasteiger partial charge is 0.367 e. The summed E-state index contributed by atoms with van der Waals surface area (Å²) < 4.78 is 4.07. The minimum Gasteiger partial charge on any atom is -0.367 e. The summed E-state index contributed by atoms with van der Waals surface area (Å²) in [6.45, 7) is 28.1. The topological polar surface area (TPSA) is 11.4 Å². The number of rotatable bonds is 6. The maximum atomic E-state index is 2.76. The summed E-state index contributed by atoms with van der Waals surface area (Å²) in [6, 6.07) is 70.5. The van der Waals surface area contributed by atoms with E-state index in [4.69, 9.17) is 0 Å². The highest BCUT2D eigenvalue weighted by molar-refractivity contribution is 7.26. The van der Waals surface area contributed by atoms with E-state index < -0.39 is 0 Å². The summed E-state index contributed by atoms with van der Waals surface area (Å²) in [5, 5.41) is 3.93. The van der Waals surface area contributed by atoms with Crippen molar-refractivity contribution in [3.8, 4) is 33.4 Å². The zero-order valence-electron chi connectivity index (χ0n) is 48.1. The average molecular weight is 1040 g/mol. The van der Waals surface area contributed by atoms with Gasteiger partial charge < -0.3 is 14.3 Å². The van der Waals surface area contributed by atoms with Gasteiger partial charge in [0.15, 0.2) is 0 Å². The minimum atomic E-state index is -0.0806. The van der Waals surface area contributed by atoms with Crippen LogP contribution < -0.4 is 20.7 Å². The van der Waals surface area contributed by atoms with Crippen LogP contribution in [0.1, 0.15) is 115 Å². The van der Waals surface area contributed by atoms with E-state index in [9.17, 15) is 0 Å². The van der Waals surface area contributed by atoms with E-state index in [1.807, 2.05) is 11.3 Å². The monoisotopic (exact) mass is 1040 g/mol. The lowest BCUT2D eigenvalue weighted by Crippen LogP contribution is -2.56. The second-order valence-corrected chi connectivity index (χ2v) is 27.6. The quantitative estimate of drug-likeness (QED) is 0.154. The van der Waals surface area contributed by atoms with Gasteiger partial charge in [0.05, 0.1) is 4.83 Å². The van der Waals surface area contributed by atoms with Crippen molar-refractivity contribution >= 4 is 94.4 Å². The lowest BCUT2D eigenvalue weighted by atomic mass is 9.45. The number of hydrogen-bond acceptors (Lipinski definition) is 3. The number of anilines is 6. The lowest BCUT2D eigenvalue weighted by Gasteiger charge is -2.42. The van der Waals surface area contributed by atoms with Gasteiger partial charge >= 0.3 is 6.85 Å². The molecule has 0 atom stereocenters. The van der Waals surface area contributed by atoms with Crippen molar-refractivity contribution in [3.05, 3.63) is 215 Å². The van der Waals surface area contributed by atoms with E-state index in [0.717, 1.165) is 22.7 Å². The highest BCUT2D eigenvalue weighted by Gasteiger charge is 2.44. The molecule has 2 aromatic heterocycles.